The Hall–Kier alpha value is -3.44. The largest absolute Gasteiger partial charge is 0.393 e. The van der Waals surface area contributed by atoms with Crippen molar-refractivity contribution in [1.82, 2.24) is 9.80 Å². The van der Waals surface area contributed by atoms with Gasteiger partial charge in [0.1, 0.15) is 0 Å². The molecule has 0 bridgehead atoms. The lowest BCUT2D eigenvalue weighted by Gasteiger charge is -2.29. The summed E-state index contributed by atoms with van der Waals surface area (Å²) < 4.78 is 0. The van der Waals surface area contributed by atoms with Crippen molar-refractivity contribution in [3.8, 4) is 0 Å². The van der Waals surface area contributed by atoms with E-state index in [0.29, 0.717) is 50.1 Å². The standard InChI is InChI=1S/C30H36N4O6/c35-21-5-11-33(12-6-21)15-9-27(37)31-19-1-3-23-25(17-19)30(40)26-18-20(2-4-24(26)29(23)39)32-28(38)10-16-34-13-7-22(36)8-14-34/h1-4,17-18,21-22,35-36H,5-16H2,(H,31,37)(H,32,38). The Morgan fingerprint density at radius 2 is 1.02 bits per heavy atom. The monoisotopic (exact) mass is 548 g/mol. The second kappa shape index (κ2) is 12.4. The Balaban J connectivity index is 1.20. The van der Waals surface area contributed by atoms with E-state index in [1.165, 1.54) is 12.1 Å². The first-order chi connectivity index (χ1) is 19.3. The lowest BCUT2D eigenvalue weighted by molar-refractivity contribution is -0.117. The van der Waals surface area contributed by atoms with E-state index in [-0.39, 0.29) is 70.7 Å². The lowest BCUT2D eigenvalue weighted by Crippen LogP contribution is -2.37. The number of likely N-dealkylation sites (tertiary alicyclic amines) is 2. The molecule has 2 aromatic carbocycles. The number of benzene rings is 2. The van der Waals surface area contributed by atoms with Crippen LogP contribution in [0.15, 0.2) is 36.4 Å². The number of hydrogen-bond donors (Lipinski definition) is 4. The van der Waals surface area contributed by atoms with E-state index in [1.54, 1.807) is 24.3 Å². The summed E-state index contributed by atoms with van der Waals surface area (Å²) in [6.07, 6.45) is 2.87. The molecule has 2 fully saturated rings. The highest BCUT2D eigenvalue weighted by Gasteiger charge is 2.30. The van der Waals surface area contributed by atoms with Crippen LogP contribution in [0.2, 0.25) is 0 Å². The number of amides is 2. The highest BCUT2D eigenvalue weighted by atomic mass is 16.3. The van der Waals surface area contributed by atoms with Gasteiger partial charge in [0, 0.05) is 85.7 Å². The van der Waals surface area contributed by atoms with Gasteiger partial charge in [0.15, 0.2) is 11.6 Å². The van der Waals surface area contributed by atoms with Crippen molar-refractivity contribution in [2.45, 2.75) is 50.7 Å². The van der Waals surface area contributed by atoms with Crippen molar-refractivity contribution in [3.05, 3.63) is 58.7 Å². The number of nitrogens with zero attached hydrogens (tertiary/aromatic N) is 2. The molecule has 2 aliphatic heterocycles. The van der Waals surface area contributed by atoms with Crippen LogP contribution in [0, 0.1) is 0 Å². The normalized spacial score (nSPS) is 18.8. The average molecular weight is 549 g/mol. The van der Waals surface area contributed by atoms with Gasteiger partial charge in [0.05, 0.1) is 12.2 Å². The molecule has 2 aromatic rings. The molecule has 0 spiro atoms. The van der Waals surface area contributed by atoms with Crippen LogP contribution in [0.1, 0.15) is 70.4 Å². The fourth-order valence-electron chi connectivity index (χ4n) is 5.56. The number of carbonyl (C=O) groups excluding carboxylic acids is 4. The van der Waals surface area contributed by atoms with E-state index < -0.39 is 0 Å². The number of nitrogens with one attached hydrogen (secondary N) is 2. The van der Waals surface area contributed by atoms with Crippen molar-refractivity contribution >= 4 is 34.8 Å². The highest BCUT2D eigenvalue weighted by Crippen LogP contribution is 2.31. The van der Waals surface area contributed by atoms with E-state index in [1.807, 2.05) is 0 Å². The molecule has 3 aliphatic rings. The molecule has 0 saturated carbocycles. The van der Waals surface area contributed by atoms with Crippen LogP contribution in [-0.4, -0.2) is 94.9 Å². The predicted octanol–water partition coefficient (Wildman–Crippen LogP) is 2.03. The molecule has 4 N–H and O–H groups in total. The third kappa shape index (κ3) is 6.64. The van der Waals surface area contributed by atoms with Crippen LogP contribution in [0.25, 0.3) is 0 Å². The van der Waals surface area contributed by atoms with Crippen LogP contribution < -0.4 is 10.6 Å². The lowest BCUT2D eigenvalue weighted by atomic mass is 9.83. The molecule has 2 heterocycles. The Morgan fingerprint density at radius 3 is 1.43 bits per heavy atom. The molecule has 212 valence electrons. The topological polar surface area (TPSA) is 139 Å². The second-order valence-corrected chi connectivity index (χ2v) is 10.9. The Labute approximate surface area is 233 Å². The van der Waals surface area contributed by atoms with Crippen LogP contribution in [-0.2, 0) is 9.59 Å². The Bertz CT molecular complexity index is 1200. The summed E-state index contributed by atoms with van der Waals surface area (Å²) in [7, 11) is 0. The van der Waals surface area contributed by atoms with Crippen molar-refractivity contribution in [3.63, 3.8) is 0 Å². The van der Waals surface area contributed by atoms with Gasteiger partial charge in [0.2, 0.25) is 11.8 Å². The first-order valence-electron chi connectivity index (χ1n) is 14.0. The van der Waals surface area contributed by atoms with Gasteiger partial charge in [0.25, 0.3) is 0 Å². The number of fused-ring (bicyclic) bond motifs is 2. The zero-order chi connectivity index (χ0) is 28.2. The minimum atomic E-state index is -0.337. The van der Waals surface area contributed by atoms with Gasteiger partial charge >= 0.3 is 0 Å². The van der Waals surface area contributed by atoms with E-state index in [0.717, 1.165) is 26.2 Å². The van der Waals surface area contributed by atoms with E-state index in [4.69, 9.17) is 0 Å². The van der Waals surface area contributed by atoms with Gasteiger partial charge < -0.3 is 30.6 Å². The SMILES string of the molecule is O=C(CCN1CCC(O)CC1)Nc1ccc2c(c1)C(=O)c1cc(NC(=O)CCN3CCC(O)CC3)ccc1C2=O. The molecule has 0 aromatic heterocycles. The molecule has 5 rings (SSSR count). The number of carbonyl (C=O) groups is 4. The maximum atomic E-state index is 13.4. The van der Waals surface area contributed by atoms with E-state index in [2.05, 4.69) is 20.4 Å². The summed E-state index contributed by atoms with van der Waals surface area (Å²) >= 11 is 0. The van der Waals surface area contributed by atoms with Gasteiger partial charge in [-0.2, -0.15) is 0 Å². The average Bonchev–Trinajstić information content (AvgIpc) is 2.95. The van der Waals surface area contributed by atoms with Crippen molar-refractivity contribution in [2.24, 2.45) is 0 Å². The number of rotatable bonds is 8. The summed E-state index contributed by atoms with van der Waals surface area (Å²) in [6.45, 7) is 4.21. The third-order valence-electron chi connectivity index (χ3n) is 8.01. The molecule has 0 atom stereocenters. The third-order valence-corrected chi connectivity index (χ3v) is 8.01. The number of ketones is 2. The molecular formula is C30H36N4O6. The molecule has 1 aliphatic carbocycles. The maximum Gasteiger partial charge on any atom is 0.225 e. The fourth-order valence-corrected chi connectivity index (χ4v) is 5.56. The number of hydrogen-bond acceptors (Lipinski definition) is 8. The van der Waals surface area contributed by atoms with Gasteiger partial charge in [-0.3, -0.25) is 19.2 Å². The minimum Gasteiger partial charge on any atom is -0.393 e. The zero-order valence-corrected chi connectivity index (χ0v) is 22.5. The van der Waals surface area contributed by atoms with Crippen LogP contribution in [0.3, 0.4) is 0 Å². The molecule has 2 saturated heterocycles. The molecule has 10 heteroatoms. The summed E-state index contributed by atoms with van der Waals surface area (Å²) in [5.41, 5.74) is 1.89. The van der Waals surface area contributed by atoms with E-state index >= 15 is 0 Å². The van der Waals surface area contributed by atoms with Gasteiger partial charge in [-0.1, -0.05) is 0 Å². The quantitative estimate of drug-likeness (QED) is 0.335. The summed E-state index contributed by atoms with van der Waals surface area (Å²) in [6, 6.07) is 9.46. The zero-order valence-electron chi connectivity index (χ0n) is 22.5. The number of piperidine rings is 2. The van der Waals surface area contributed by atoms with Gasteiger partial charge in [-0.25, -0.2) is 0 Å². The number of aliphatic hydroxyl groups excluding tert-OH is 2. The molecule has 0 unspecified atom stereocenters. The summed E-state index contributed by atoms with van der Waals surface area (Å²) in [5, 5.41) is 24.9. The molecule has 40 heavy (non-hydrogen) atoms. The first kappa shape index (κ1) is 28.1. The van der Waals surface area contributed by atoms with Crippen molar-refractivity contribution in [2.75, 3.05) is 49.9 Å². The molecule has 2 amide bonds. The predicted molar refractivity (Wildman–Crippen MR) is 150 cm³/mol. The molecule has 0 radical (unpaired) electrons. The van der Waals surface area contributed by atoms with Crippen LogP contribution in [0.4, 0.5) is 11.4 Å². The fraction of sp³-hybridized carbons (Fsp3) is 0.467. The first-order valence-corrected chi connectivity index (χ1v) is 14.0. The van der Waals surface area contributed by atoms with Gasteiger partial charge in [-0.15, -0.1) is 0 Å². The summed E-state index contributed by atoms with van der Waals surface area (Å²) in [5.74, 6) is -0.992. The molecular weight excluding hydrogens is 512 g/mol. The number of anilines is 2. The molecule has 10 nitrogen and oxygen atoms in total. The van der Waals surface area contributed by atoms with Crippen molar-refractivity contribution < 1.29 is 29.4 Å². The highest BCUT2D eigenvalue weighted by molar-refractivity contribution is 6.29. The van der Waals surface area contributed by atoms with Gasteiger partial charge in [-0.05, 0) is 62.1 Å². The minimum absolute atomic E-state index is 0.188. The van der Waals surface area contributed by atoms with Crippen LogP contribution >= 0.6 is 0 Å². The summed E-state index contributed by atoms with van der Waals surface area (Å²) in [4.78, 5) is 56.0. The van der Waals surface area contributed by atoms with Crippen molar-refractivity contribution in [1.29, 1.82) is 0 Å². The maximum absolute atomic E-state index is 13.4. The van der Waals surface area contributed by atoms with E-state index in [9.17, 15) is 29.4 Å². The number of aliphatic hydroxyl groups is 2. The smallest absolute Gasteiger partial charge is 0.225 e. The second-order valence-electron chi connectivity index (χ2n) is 10.9. The Kier molecular flexibility index (Phi) is 8.70. The Morgan fingerprint density at radius 1 is 0.650 bits per heavy atom. The van der Waals surface area contributed by atoms with Crippen LogP contribution in [0.5, 0.6) is 0 Å².